The minimum absolute atomic E-state index is 0.587. The molecule has 0 aromatic heterocycles. The van der Waals surface area contributed by atoms with Crippen LogP contribution in [0.4, 0.5) is 11.4 Å². The van der Waals surface area contributed by atoms with E-state index in [1.807, 2.05) is 6.08 Å². The fourth-order valence-corrected chi connectivity index (χ4v) is 2.13. The van der Waals surface area contributed by atoms with Gasteiger partial charge in [-0.2, -0.15) is 0 Å². The highest BCUT2D eigenvalue weighted by atomic mass is 15.2. The van der Waals surface area contributed by atoms with Crippen molar-refractivity contribution in [2.24, 2.45) is 5.73 Å². The monoisotopic (exact) mass is 217 g/mol. The van der Waals surface area contributed by atoms with Gasteiger partial charge in [-0.05, 0) is 11.6 Å². The van der Waals surface area contributed by atoms with E-state index in [2.05, 4.69) is 48.2 Å². The molecule has 2 N–H and O–H groups in total. The quantitative estimate of drug-likeness (QED) is 0.815. The van der Waals surface area contributed by atoms with E-state index in [9.17, 15) is 0 Å². The Morgan fingerprint density at radius 3 is 2.75 bits per heavy atom. The van der Waals surface area contributed by atoms with Crippen molar-refractivity contribution in [2.75, 3.05) is 43.5 Å². The third-order valence-corrected chi connectivity index (χ3v) is 3.04. The van der Waals surface area contributed by atoms with E-state index in [4.69, 9.17) is 5.73 Å². The predicted octanol–water partition coefficient (Wildman–Crippen LogP) is 1.54. The second-order valence-electron chi connectivity index (χ2n) is 4.20. The molecule has 1 heterocycles. The maximum absolute atomic E-state index is 5.50. The van der Waals surface area contributed by atoms with Crippen LogP contribution < -0.4 is 15.5 Å². The molecule has 0 aliphatic carbocycles. The number of likely N-dealkylation sites (N-methyl/N-ethyl adjacent to an activating group) is 2. The molecule has 0 spiro atoms. The summed E-state index contributed by atoms with van der Waals surface area (Å²) >= 11 is 0. The molecule has 0 saturated heterocycles. The van der Waals surface area contributed by atoms with Crippen molar-refractivity contribution in [2.45, 2.75) is 0 Å². The Kier molecular flexibility index (Phi) is 3.15. The van der Waals surface area contributed by atoms with Crippen molar-refractivity contribution in [3.8, 4) is 0 Å². The summed E-state index contributed by atoms with van der Waals surface area (Å²) in [5.74, 6) is 0. The topological polar surface area (TPSA) is 32.5 Å². The van der Waals surface area contributed by atoms with Crippen molar-refractivity contribution in [3.63, 3.8) is 0 Å². The van der Waals surface area contributed by atoms with Gasteiger partial charge in [-0.3, -0.25) is 0 Å². The van der Waals surface area contributed by atoms with Gasteiger partial charge < -0.3 is 15.5 Å². The van der Waals surface area contributed by atoms with Gasteiger partial charge in [-0.25, -0.2) is 0 Å². The third-order valence-electron chi connectivity index (χ3n) is 3.04. The number of nitrogens with two attached hydrogens (primary N) is 1. The van der Waals surface area contributed by atoms with Gasteiger partial charge in [-0.15, -0.1) is 0 Å². The number of hydrogen-bond donors (Lipinski definition) is 1. The summed E-state index contributed by atoms with van der Waals surface area (Å²) in [4.78, 5) is 4.61. The minimum atomic E-state index is 0.587. The lowest BCUT2D eigenvalue weighted by molar-refractivity contribution is 0.797. The van der Waals surface area contributed by atoms with Crippen LogP contribution in [0, 0.1) is 0 Å². The molecule has 0 amide bonds. The van der Waals surface area contributed by atoms with Crippen LogP contribution in [0.25, 0.3) is 6.08 Å². The molecular formula is C13H19N3. The summed E-state index contributed by atoms with van der Waals surface area (Å²) in [5.41, 5.74) is 9.36. The molecule has 3 nitrogen and oxygen atoms in total. The van der Waals surface area contributed by atoms with Crippen LogP contribution in [0.15, 0.2) is 24.3 Å². The summed E-state index contributed by atoms with van der Waals surface area (Å²) in [7, 11) is 4.29. The van der Waals surface area contributed by atoms with Crippen molar-refractivity contribution in [1.29, 1.82) is 0 Å². The molecule has 1 aliphatic heterocycles. The van der Waals surface area contributed by atoms with Gasteiger partial charge in [0.05, 0.1) is 11.4 Å². The first kappa shape index (κ1) is 11.0. The fourth-order valence-electron chi connectivity index (χ4n) is 2.13. The Hall–Kier alpha value is -1.48. The minimum Gasteiger partial charge on any atom is -0.371 e. The summed E-state index contributed by atoms with van der Waals surface area (Å²) in [5, 5.41) is 0. The highest BCUT2D eigenvalue weighted by Gasteiger charge is 2.19. The summed E-state index contributed by atoms with van der Waals surface area (Å²) in [6, 6.07) is 6.41. The molecule has 0 saturated carbocycles. The van der Waals surface area contributed by atoms with Gasteiger partial charge in [-0.1, -0.05) is 24.3 Å². The van der Waals surface area contributed by atoms with Gasteiger partial charge in [0.15, 0.2) is 0 Å². The molecule has 1 aromatic carbocycles. The fraction of sp³-hybridized carbons (Fsp3) is 0.385. The molecule has 2 rings (SSSR count). The molecule has 0 bridgehead atoms. The summed E-state index contributed by atoms with van der Waals surface area (Å²) in [6.45, 7) is 2.73. The largest absolute Gasteiger partial charge is 0.371 e. The van der Waals surface area contributed by atoms with Crippen LogP contribution in [0.3, 0.4) is 0 Å². The zero-order valence-electron chi connectivity index (χ0n) is 9.98. The van der Waals surface area contributed by atoms with Crippen molar-refractivity contribution < 1.29 is 0 Å². The first-order chi connectivity index (χ1) is 7.74. The van der Waals surface area contributed by atoms with Crippen LogP contribution >= 0.6 is 0 Å². The lowest BCUT2D eigenvalue weighted by Gasteiger charge is -2.35. The average molecular weight is 217 g/mol. The Labute approximate surface area is 97.2 Å². The van der Waals surface area contributed by atoms with Gasteiger partial charge in [0.2, 0.25) is 0 Å². The number of benzene rings is 1. The number of fused-ring (bicyclic) bond motifs is 1. The van der Waals surface area contributed by atoms with Gasteiger partial charge in [0.1, 0.15) is 0 Å². The number of hydrogen-bond acceptors (Lipinski definition) is 3. The van der Waals surface area contributed by atoms with E-state index in [1.54, 1.807) is 0 Å². The predicted molar refractivity (Wildman–Crippen MR) is 71.1 cm³/mol. The molecule has 0 radical (unpaired) electrons. The van der Waals surface area contributed by atoms with Gasteiger partial charge in [0.25, 0.3) is 0 Å². The van der Waals surface area contributed by atoms with Gasteiger partial charge in [0, 0.05) is 33.7 Å². The van der Waals surface area contributed by atoms with E-state index in [-0.39, 0.29) is 0 Å². The number of nitrogens with zero attached hydrogens (tertiary/aromatic N) is 2. The van der Waals surface area contributed by atoms with E-state index in [0.29, 0.717) is 6.54 Å². The Morgan fingerprint density at radius 2 is 2.00 bits per heavy atom. The molecule has 0 unspecified atom stereocenters. The first-order valence-corrected chi connectivity index (χ1v) is 5.66. The smallest absolute Gasteiger partial charge is 0.0675 e. The van der Waals surface area contributed by atoms with Crippen molar-refractivity contribution in [3.05, 3.63) is 29.8 Å². The Bertz CT molecular complexity index is 398. The van der Waals surface area contributed by atoms with E-state index >= 15 is 0 Å². The maximum atomic E-state index is 5.50. The molecule has 1 aliphatic rings. The second kappa shape index (κ2) is 4.58. The van der Waals surface area contributed by atoms with E-state index < -0.39 is 0 Å². The molecule has 3 heteroatoms. The van der Waals surface area contributed by atoms with Crippen LogP contribution in [-0.4, -0.2) is 33.7 Å². The van der Waals surface area contributed by atoms with E-state index in [0.717, 1.165) is 13.1 Å². The Morgan fingerprint density at radius 1 is 1.25 bits per heavy atom. The first-order valence-electron chi connectivity index (χ1n) is 5.66. The normalized spacial score (nSPS) is 15.7. The average Bonchev–Trinajstić information content (AvgIpc) is 2.31. The highest BCUT2D eigenvalue weighted by Crippen LogP contribution is 2.35. The zero-order valence-corrected chi connectivity index (χ0v) is 9.98. The molecule has 1 aromatic rings. The van der Waals surface area contributed by atoms with Crippen LogP contribution in [-0.2, 0) is 0 Å². The standard InChI is InChI=1S/C13H19N3/c1-15-9-10-16(2)13-11(6-4-8-14)5-3-7-12(13)15/h3-7H,8-10,14H2,1-2H3/b6-4+. The number of rotatable bonds is 2. The lowest BCUT2D eigenvalue weighted by Crippen LogP contribution is -2.37. The molecule has 86 valence electrons. The van der Waals surface area contributed by atoms with Crippen LogP contribution in [0.1, 0.15) is 5.56 Å². The SMILES string of the molecule is CN1CCN(C)c2c(/C=C/CN)cccc21. The Balaban J connectivity index is 2.47. The maximum Gasteiger partial charge on any atom is 0.0675 e. The molecule has 0 atom stereocenters. The zero-order chi connectivity index (χ0) is 11.5. The number of anilines is 2. The van der Waals surface area contributed by atoms with Gasteiger partial charge >= 0.3 is 0 Å². The van der Waals surface area contributed by atoms with E-state index in [1.165, 1.54) is 16.9 Å². The molecular weight excluding hydrogens is 198 g/mol. The van der Waals surface area contributed by atoms with Crippen molar-refractivity contribution >= 4 is 17.5 Å². The number of para-hydroxylation sites is 1. The van der Waals surface area contributed by atoms with Crippen LogP contribution in [0.5, 0.6) is 0 Å². The third kappa shape index (κ3) is 1.91. The second-order valence-corrected chi connectivity index (χ2v) is 4.20. The lowest BCUT2D eigenvalue weighted by atomic mass is 10.1. The summed E-state index contributed by atoms with van der Waals surface area (Å²) in [6.07, 6.45) is 4.10. The van der Waals surface area contributed by atoms with Crippen molar-refractivity contribution in [1.82, 2.24) is 0 Å². The summed E-state index contributed by atoms with van der Waals surface area (Å²) < 4.78 is 0. The van der Waals surface area contributed by atoms with Crippen LogP contribution in [0.2, 0.25) is 0 Å². The highest BCUT2D eigenvalue weighted by molar-refractivity contribution is 5.82. The molecule has 0 fully saturated rings. The molecule has 16 heavy (non-hydrogen) atoms.